The third kappa shape index (κ3) is 5.71. The fraction of sp³-hybridized carbons (Fsp3) is 0.480. The first-order valence-electron chi connectivity index (χ1n) is 11.5. The Morgan fingerprint density at radius 2 is 2.12 bits per heavy atom. The van der Waals surface area contributed by atoms with E-state index in [1.54, 1.807) is 12.1 Å². The molecule has 1 aliphatic carbocycles. The van der Waals surface area contributed by atoms with E-state index < -0.39 is 0 Å². The van der Waals surface area contributed by atoms with Crippen LogP contribution in [-0.2, 0) is 30.7 Å². The summed E-state index contributed by atoms with van der Waals surface area (Å²) in [7, 11) is 0. The molecule has 6 nitrogen and oxygen atoms in total. The molecule has 0 spiro atoms. The number of benzene rings is 1. The largest absolute Gasteiger partial charge is 0.349 e. The van der Waals surface area contributed by atoms with Crippen molar-refractivity contribution in [1.82, 2.24) is 25.0 Å². The summed E-state index contributed by atoms with van der Waals surface area (Å²) in [5.74, 6) is 1.90. The maximum absolute atomic E-state index is 13.3. The molecule has 1 N–H and O–H groups in total. The zero-order valence-electron chi connectivity index (χ0n) is 18.8. The van der Waals surface area contributed by atoms with Crippen molar-refractivity contribution in [3.63, 3.8) is 0 Å². The molecular formula is C25H32FN5O. The molecule has 4 rings (SSSR count). The third-order valence-corrected chi connectivity index (χ3v) is 6.52. The quantitative estimate of drug-likeness (QED) is 0.674. The Morgan fingerprint density at radius 1 is 1.25 bits per heavy atom. The van der Waals surface area contributed by atoms with Gasteiger partial charge in [-0.05, 0) is 49.8 Å². The van der Waals surface area contributed by atoms with Crippen molar-refractivity contribution in [1.29, 1.82) is 0 Å². The summed E-state index contributed by atoms with van der Waals surface area (Å²) in [5, 5.41) is 11.6. The number of hydrogen-bond acceptors (Lipinski definition) is 4. The second kappa shape index (κ2) is 10.2. The monoisotopic (exact) mass is 437 g/mol. The summed E-state index contributed by atoms with van der Waals surface area (Å²) in [5.41, 5.74) is 3.48. The van der Waals surface area contributed by atoms with Gasteiger partial charge in [-0.3, -0.25) is 9.69 Å². The smallest absolute Gasteiger partial charge is 0.224 e. The molecule has 2 heterocycles. The zero-order chi connectivity index (χ0) is 22.5. The highest BCUT2D eigenvalue weighted by Gasteiger charge is 2.21. The number of fused-ring (bicyclic) bond motifs is 1. The number of rotatable bonds is 7. The van der Waals surface area contributed by atoms with E-state index in [1.807, 2.05) is 0 Å². The Labute approximate surface area is 189 Å². The van der Waals surface area contributed by atoms with E-state index in [0.717, 1.165) is 57.1 Å². The van der Waals surface area contributed by atoms with Gasteiger partial charge >= 0.3 is 0 Å². The van der Waals surface area contributed by atoms with E-state index in [0.29, 0.717) is 18.0 Å². The zero-order valence-corrected chi connectivity index (χ0v) is 18.8. The van der Waals surface area contributed by atoms with Gasteiger partial charge in [0.2, 0.25) is 5.91 Å². The molecule has 2 aliphatic rings. The highest BCUT2D eigenvalue weighted by molar-refractivity contribution is 5.78. The molecule has 0 saturated carbocycles. The highest BCUT2D eigenvalue weighted by Crippen LogP contribution is 2.28. The van der Waals surface area contributed by atoms with E-state index in [4.69, 9.17) is 0 Å². The van der Waals surface area contributed by atoms with Crippen molar-refractivity contribution in [2.24, 2.45) is 5.92 Å². The number of nitrogens with one attached hydrogen (secondary N) is 1. The van der Waals surface area contributed by atoms with Crippen LogP contribution in [0, 0.1) is 11.7 Å². The first-order valence-corrected chi connectivity index (χ1v) is 11.5. The predicted octanol–water partition coefficient (Wildman–Crippen LogP) is 3.44. The lowest BCUT2D eigenvalue weighted by Crippen LogP contribution is -2.30. The maximum atomic E-state index is 13.3. The van der Waals surface area contributed by atoms with Gasteiger partial charge in [0.25, 0.3) is 0 Å². The van der Waals surface area contributed by atoms with Gasteiger partial charge in [-0.1, -0.05) is 35.9 Å². The molecule has 2 aromatic rings. The van der Waals surface area contributed by atoms with Crippen LogP contribution in [0.1, 0.15) is 43.4 Å². The molecule has 170 valence electrons. The molecule has 32 heavy (non-hydrogen) atoms. The highest BCUT2D eigenvalue weighted by atomic mass is 19.1. The molecule has 1 aromatic carbocycles. The van der Waals surface area contributed by atoms with Crippen molar-refractivity contribution in [2.75, 3.05) is 19.6 Å². The van der Waals surface area contributed by atoms with Gasteiger partial charge in [-0.25, -0.2) is 4.39 Å². The first kappa shape index (κ1) is 22.4. The average Bonchev–Trinajstić information content (AvgIpc) is 3.05. The van der Waals surface area contributed by atoms with E-state index in [1.165, 1.54) is 29.7 Å². The van der Waals surface area contributed by atoms with Crippen molar-refractivity contribution in [2.45, 2.75) is 52.1 Å². The van der Waals surface area contributed by atoms with Crippen LogP contribution >= 0.6 is 0 Å². The van der Waals surface area contributed by atoms with Crippen LogP contribution in [0.25, 0.3) is 0 Å². The van der Waals surface area contributed by atoms with Crippen molar-refractivity contribution >= 4 is 5.91 Å². The molecule has 1 amide bonds. The maximum Gasteiger partial charge on any atom is 0.224 e. The molecule has 7 heteroatoms. The molecule has 1 aromatic heterocycles. The first-order chi connectivity index (χ1) is 15.5. The molecule has 0 radical (unpaired) electrons. The minimum absolute atomic E-state index is 0.147. The van der Waals surface area contributed by atoms with Gasteiger partial charge in [-0.15, -0.1) is 10.2 Å². The fourth-order valence-corrected chi connectivity index (χ4v) is 4.56. The summed E-state index contributed by atoms with van der Waals surface area (Å²) in [6.45, 7) is 10.3. The SMILES string of the molecule is C=C(C)[C@@H]1CC=C(CN2CCc3nnc(CNC(=O)Cc4cccc(F)c4)n3CC2)CC1. The van der Waals surface area contributed by atoms with E-state index in [2.05, 4.69) is 44.6 Å². The van der Waals surface area contributed by atoms with Crippen LogP contribution in [0.5, 0.6) is 0 Å². The third-order valence-electron chi connectivity index (χ3n) is 6.52. The topological polar surface area (TPSA) is 63.1 Å². The minimum Gasteiger partial charge on any atom is -0.349 e. The standard InChI is InChI=1S/C25H32FN5O/c1-18(2)21-8-6-19(7-9-21)17-30-11-10-23-28-29-24(31(23)13-12-30)16-27-25(32)15-20-4-3-5-22(26)14-20/h3-6,14,21H,1,7-13,15-17H2,2H3,(H,27,32)/t21-/m1/s1. The van der Waals surface area contributed by atoms with Crippen LogP contribution < -0.4 is 5.32 Å². The number of allylic oxidation sites excluding steroid dienone is 2. The Morgan fingerprint density at radius 3 is 2.88 bits per heavy atom. The normalized spacial score (nSPS) is 19.1. The molecule has 0 bridgehead atoms. The Hall–Kier alpha value is -2.80. The van der Waals surface area contributed by atoms with Gasteiger partial charge < -0.3 is 9.88 Å². The molecule has 0 unspecified atom stereocenters. The number of amides is 1. The summed E-state index contributed by atoms with van der Waals surface area (Å²) in [4.78, 5) is 14.8. The lowest BCUT2D eigenvalue weighted by molar-refractivity contribution is -0.120. The Balaban J connectivity index is 1.28. The number of nitrogens with zero attached hydrogens (tertiary/aromatic N) is 4. The second-order valence-corrected chi connectivity index (χ2v) is 8.97. The number of halogens is 1. The molecule has 0 fully saturated rings. The van der Waals surface area contributed by atoms with Gasteiger partial charge in [0.1, 0.15) is 11.6 Å². The van der Waals surface area contributed by atoms with Crippen LogP contribution in [0.4, 0.5) is 4.39 Å². The number of hydrogen-bond donors (Lipinski definition) is 1. The van der Waals surface area contributed by atoms with Crippen molar-refractivity contribution in [3.05, 3.63) is 71.1 Å². The molecular weight excluding hydrogens is 405 g/mol. The lowest BCUT2D eigenvalue weighted by Gasteiger charge is -2.26. The van der Waals surface area contributed by atoms with Crippen LogP contribution in [-0.4, -0.2) is 45.2 Å². The Kier molecular flexibility index (Phi) is 7.15. The predicted molar refractivity (Wildman–Crippen MR) is 122 cm³/mol. The summed E-state index contributed by atoms with van der Waals surface area (Å²) < 4.78 is 15.5. The van der Waals surface area contributed by atoms with E-state index in [-0.39, 0.29) is 18.1 Å². The molecule has 1 aliphatic heterocycles. The number of carbonyl (C=O) groups is 1. The van der Waals surface area contributed by atoms with Gasteiger partial charge in [0, 0.05) is 32.6 Å². The fourth-order valence-electron chi connectivity index (χ4n) is 4.56. The Bertz CT molecular complexity index is 1010. The average molecular weight is 438 g/mol. The van der Waals surface area contributed by atoms with E-state index in [9.17, 15) is 9.18 Å². The van der Waals surface area contributed by atoms with Gasteiger partial charge in [0.05, 0.1) is 13.0 Å². The van der Waals surface area contributed by atoms with Crippen LogP contribution in [0.3, 0.4) is 0 Å². The van der Waals surface area contributed by atoms with Crippen molar-refractivity contribution < 1.29 is 9.18 Å². The summed E-state index contributed by atoms with van der Waals surface area (Å²) in [6, 6.07) is 6.13. The van der Waals surface area contributed by atoms with E-state index >= 15 is 0 Å². The minimum atomic E-state index is -0.331. The number of carbonyl (C=O) groups excluding carboxylic acids is 1. The molecule has 0 saturated heterocycles. The lowest BCUT2D eigenvalue weighted by atomic mass is 9.85. The number of aromatic nitrogens is 3. The van der Waals surface area contributed by atoms with Gasteiger partial charge in [-0.2, -0.15) is 0 Å². The molecule has 1 atom stereocenters. The van der Waals surface area contributed by atoms with Crippen LogP contribution in [0.15, 0.2) is 48.1 Å². The second-order valence-electron chi connectivity index (χ2n) is 8.97. The van der Waals surface area contributed by atoms with Crippen molar-refractivity contribution in [3.8, 4) is 0 Å². The van der Waals surface area contributed by atoms with Crippen LogP contribution in [0.2, 0.25) is 0 Å². The summed E-state index contributed by atoms with van der Waals surface area (Å²) >= 11 is 0. The van der Waals surface area contributed by atoms with Gasteiger partial charge in [0.15, 0.2) is 5.82 Å². The summed E-state index contributed by atoms with van der Waals surface area (Å²) in [6.07, 6.45) is 6.89.